The van der Waals surface area contributed by atoms with Crippen molar-refractivity contribution in [2.75, 3.05) is 23.8 Å². The van der Waals surface area contributed by atoms with Crippen molar-refractivity contribution in [1.82, 2.24) is 9.97 Å². The second-order valence-corrected chi connectivity index (χ2v) is 5.51. The minimum Gasteiger partial charge on any atom is -0.356 e. The molecule has 4 heteroatoms. The average Bonchev–Trinajstić information content (AvgIpc) is 2.45. The van der Waals surface area contributed by atoms with Crippen LogP contribution >= 0.6 is 0 Å². The normalized spacial score (nSPS) is 12.7. The summed E-state index contributed by atoms with van der Waals surface area (Å²) in [5.41, 5.74) is 0.983. The van der Waals surface area contributed by atoms with Gasteiger partial charge in [0, 0.05) is 25.0 Å². The number of para-hydroxylation sites is 1. The maximum atomic E-state index is 4.70. The number of hydrogen-bond donors (Lipinski definition) is 1. The highest BCUT2D eigenvalue weighted by molar-refractivity contribution is 5.90. The third kappa shape index (κ3) is 2.84. The van der Waals surface area contributed by atoms with Gasteiger partial charge in [-0.05, 0) is 31.9 Å². The van der Waals surface area contributed by atoms with Crippen molar-refractivity contribution in [2.24, 2.45) is 5.92 Å². The molecule has 0 aliphatic carbocycles. The van der Waals surface area contributed by atoms with Crippen LogP contribution < -0.4 is 10.2 Å². The van der Waals surface area contributed by atoms with E-state index < -0.39 is 0 Å². The van der Waals surface area contributed by atoms with Crippen molar-refractivity contribution in [3.8, 4) is 0 Å². The monoisotopic (exact) mass is 272 g/mol. The van der Waals surface area contributed by atoms with Crippen molar-refractivity contribution < 1.29 is 0 Å². The van der Waals surface area contributed by atoms with Crippen LogP contribution in [0, 0.1) is 5.92 Å². The number of benzene rings is 1. The Balaban J connectivity index is 2.54. The maximum absolute atomic E-state index is 4.70. The second-order valence-electron chi connectivity index (χ2n) is 5.51. The lowest BCUT2D eigenvalue weighted by molar-refractivity contribution is 0.503. The van der Waals surface area contributed by atoms with Crippen LogP contribution in [0.5, 0.6) is 0 Å². The van der Waals surface area contributed by atoms with Gasteiger partial charge >= 0.3 is 0 Å². The molecular formula is C16H24N4. The van der Waals surface area contributed by atoms with Crippen molar-refractivity contribution in [3.63, 3.8) is 0 Å². The van der Waals surface area contributed by atoms with Crippen LogP contribution in [-0.4, -0.2) is 29.6 Å². The van der Waals surface area contributed by atoms with Gasteiger partial charge in [0.1, 0.15) is 5.82 Å². The Hall–Kier alpha value is -1.84. The van der Waals surface area contributed by atoms with Crippen LogP contribution in [0.1, 0.15) is 27.7 Å². The molecule has 0 radical (unpaired) electrons. The molecule has 2 rings (SSSR count). The van der Waals surface area contributed by atoms with Crippen LogP contribution in [0.15, 0.2) is 24.3 Å². The Morgan fingerprint density at radius 3 is 2.50 bits per heavy atom. The van der Waals surface area contributed by atoms with Gasteiger partial charge in [0.15, 0.2) is 0 Å². The summed E-state index contributed by atoms with van der Waals surface area (Å²) in [5.74, 6) is 2.26. The quantitative estimate of drug-likeness (QED) is 0.904. The third-order valence-corrected chi connectivity index (χ3v) is 3.83. The van der Waals surface area contributed by atoms with Crippen LogP contribution in [0.4, 0.5) is 11.8 Å². The first-order valence-electron chi connectivity index (χ1n) is 7.28. The first-order chi connectivity index (χ1) is 9.54. The molecule has 4 nitrogen and oxygen atoms in total. The summed E-state index contributed by atoms with van der Waals surface area (Å²) in [7, 11) is 2.11. The number of nitrogens with one attached hydrogen (secondary N) is 1. The molecule has 108 valence electrons. The molecule has 1 aromatic carbocycles. The Kier molecular flexibility index (Phi) is 4.42. The number of fused-ring (bicyclic) bond motifs is 1. The van der Waals surface area contributed by atoms with E-state index in [1.165, 1.54) is 0 Å². The molecule has 1 heterocycles. The van der Waals surface area contributed by atoms with E-state index in [2.05, 4.69) is 56.0 Å². The van der Waals surface area contributed by atoms with E-state index in [1.54, 1.807) is 0 Å². The summed E-state index contributed by atoms with van der Waals surface area (Å²) in [5, 5.41) is 4.32. The predicted molar refractivity (Wildman–Crippen MR) is 86.4 cm³/mol. The van der Waals surface area contributed by atoms with Crippen LogP contribution in [0.3, 0.4) is 0 Å². The summed E-state index contributed by atoms with van der Waals surface area (Å²) in [6.45, 7) is 9.57. The summed E-state index contributed by atoms with van der Waals surface area (Å²) in [6, 6.07) is 8.60. The summed E-state index contributed by atoms with van der Waals surface area (Å²) in [6.07, 6.45) is 0. The maximum Gasteiger partial charge on any atom is 0.225 e. The van der Waals surface area contributed by atoms with E-state index in [0.717, 1.165) is 23.3 Å². The highest BCUT2D eigenvalue weighted by Gasteiger charge is 2.18. The van der Waals surface area contributed by atoms with E-state index in [0.29, 0.717) is 17.9 Å². The van der Waals surface area contributed by atoms with Crippen LogP contribution in [0.25, 0.3) is 10.9 Å². The molecule has 0 aliphatic rings. The Morgan fingerprint density at radius 2 is 1.85 bits per heavy atom. The molecule has 0 amide bonds. The van der Waals surface area contributed by atoms with Gasteiger partial charge in [-0.2, -0.15) is 4.98 Å². The Morgan fingerprint density at radius 1 is 1.15 bits per heavy atom. The van der Waals surface area contributed by atoms with Gasteiger partial charge in [-0.25, -0.2) is 4.98 Å². The highest BCUT2D eigenvalue weighted by atomic mass is 15.2. The summed E-state index contributed by atoms with van der Waals surface area (Å²) < 4.78 is 0. The van der Waals surface area contributed by atoms with Crippen molar-refractivity contribution in [1.29, 1.82) is 0 Å². The predicted octanol–water partition coefficient (Wildman–Crippen LogP) is 3.54. The second kappa shape index (κ2) is 6.07. The molecule has 1 aromatic heterocycles. The molecule has 0 saturated heterocycles. The van der Waals surface area contributed by atoms with Crippen LogP contribution in [0.2, 0.25) is 0 Å². The number of hydrogen-bond acceptors (Lipinski definition) is 4. The van der Waals surface area contributed by atoms with Gasteiger partial charge in [0.05, 0.1) is 5.52 Å². The Labute approximate surface area is 121 Å². The molecule has 1 unspecified atom stereocenters. The zero-order valence-corrected chi connectivity index (χ0v) is 13.0. The lowest BCUT2D eigenvalue weighted by Crippen LogP contribution is -2.34. The molecule has 0 bridgehead atoms. The first-order valence-corrected chi connectivity index (χ1v) is 7.28. The lowest BCUT2D eigenvalue weighted by Gasteiger charge is -2.30. The third-order valence-electron chi connectivity index (χ3n) is 3.83. The molecule has 0 saturated carbocycles. The van der Waals surface area contributed by atoms with Gasteiger partial charge < -0.3 is 10.2 Å². The molecule has 1 atom stereocenters. The standard InChI is InChI=1S/C16H24N4/c1-6-17-16-18-14-10-8-7-9-13(14)15(19-16)20(5)12(4)11(2)3/h7-12H,6H2,1-5H3,(H,17,18,19). The van der Waals surface area contributed by atoms with E-state index >= 15 is 0 Å². The minimum absolute atomic E-state index is 0.419. The van der Waals surface area contributed by atoms with E-state index in [9.17, 15) is 0 Å². The number of nitrogens with zero attached hydrogens (tertiary/aromatic N) is 3. The van der Waals surface area contributed by atoms with E-state index in [1.807, 2.05) is 18.2 Å². The van der Waals surface area contributed by atoms with Gasteiger partial charge in [-0.3, -0.25) is 0 Å². The van der Waals surface area contributed by atoms with E-state index in [4.69, 9.17) is 4.98 Å². The fourth-order valence-electron chi connectivity index (χ4n) is 2.21. The van der Waals surface area contributed by atoms with Crippen molar-refractivity contribution in [3.05, 3.63) is 24.3 Å². The zero-order chi connectivity index (χ0) is 14.7. The molecular weight excluding hydrogens is 248 g/mol. The summed E-state index contributed by atoms with van der Waals surface area (Å²) >= 11 is 0. The topological polar surface area (TPSA) is 41.1 Å². The molecule has 0 fully saturated rings. The number of aromatic nitrogens is 2. The van der Waals surface area contributed by atoms with Gasteiger partial charge in [0.2, 0.25) is 5.95 Å². The lowest BCUT2D eigenvalue weighted by atomic mass is 10.0. The minimum atomic E-state index is 0.419. The SMILES string of the molecule is CCNc1nc(N(C)C(C)C(C)C)c2ccccc2n1. The zero-order valence-electron chi connectivity index (χ0n) is 13.0. The number of rotatable bonds is 5. The first kappa shape index (κ1) is 14.6. The van der Waals surface area contributed by atoms with Crippen LogP contribution in [-0.2, 0) is 0 Å². The van der Waals surface area contributed by atoms with Gasteiger partial charge in [0.25, 0.3) is 0 Å². The summed E-state index contributed by atoms with van der Waals surface area (Å²) in [4.78, 5) is 11.5. The molecule has 0 spiro atoms. The fourth-order valence-corrected chi connectivity index (χ4v) is 2.21. The Bertz CT molecular complexity index is 580. The molecule has 2 aromatic rings. The van der Waals surface area contributed by atoms with E-state index in [-0.39, 0.29) is 0 Å². The van der Waals surface area contributed by atoms with Crippen molar-refractivity contribution in [2.45, 2.75) is 33.7 Å². The van der Waals surface area contributed by atoms with Gasteiger partial charge in [-0.15, -0.1) is 0 Å². The molecule has 20 heavy (non-hydrogen) atoms. The molecule has 1 N–H and O–H groups in total. The average molecular weight is 272 g/mol. The largest absolute Gasteiger partial charge is 0.356 e. The molecule has 0 aliphatic heterocycles. The smallest absolute Gasteiger partial charge is 0.225 e. The number of anilines is 2. The van der Waals surface area contributed by atoms with Gasteiger partial charge in [-0.1, -0.05) is 26.0 Å². The van der Waals surface area contributed by atoms with Crippen molar-refractivity contribution >= 4 is 22.7 Å². The highest BCUT2D eigenvalue weighted by Crippen LogP contribution is 2.27. The fraction of sp³-hybridized carbons (Fsp3) is 0.500.